The van der Waals surface area contributed by atoms with Gasteiger partial charge in [-0.2, -0.15) is 11.1 Å². The number of unbranched alkanes of at least 4 members (excludes halogenated alkanes) is 6. The van der Waals surface area contributed by atoms with Crippen molar-refractivity contribution in [2.75, 3.05) is 5.33 Å². The van der Waals surface area contributed by atoms with E-state index in [4.69, 9.17) is 11.1 Å². The molecule has 0 rings (SSSR count). The molecule has 3 heteroatoms. The predicted molar refractivity (Wildman–Crippen MR) is 74.3 cm³/mol. The lowest BCUT2D eigenvalue weighted by Gasteiger charge is -2.11. The van der Waals surface area contributed by atoms with Crippen LogP contribution in [0.5, 0.6) is 0 Å². The zero-order valence-electron chi connectivity index (χ0n) is 9.62. The van der Waals surface area contributed by atoms with Gasteiger partial charge in [0.1, 0.15) is 7.38 Å². The molecule has 0 N–H and O–H groups in total. The second kappa shape index (κ2) is 9.23. The lowest BCUT2D eigenvalue weighted by atomic mass is 10.1. The summed E-state index contributed by atoms with van der Waals surface area (Å²) in [7, 11) is -1.27. The van der Waals surface area contributed by atoms with E-state index in [2.05, 4.69) is 29.0 Å². The molecule has 0 aromatic heterocycles. The molecule has 0 aromatic rings. The van der Waals surface area contributed by atoms with Gasteiger partial charge >= 0.3 is 0 Å². The van der Waals surface area contributed by atoms with Gasteiger partial charge in [0.05, 0.1) is 0 Å². The molecule has 0 bridgehead atoms. The van der Waals surface area contributed by atoms with E-state index in [9.17, 15) is 0 Å². The average Bonchev–Trinajstić information content (AvgIpc) is 2.08. The average molecular weight is 300 g/mol. The van der Waals surface area contributed by atoms with Gasteiger partial charge in [0.2, 0.25) is 0 Å². The lowest BCUT2D eigenvalue weighted by molar-refractivity contribution is 0.603. The van der Waals surface area contributed by atoms with E-state index in [0.717, 1.165) is 0 Å². The van der Waals surface area contributed by atoms with Gasteiger partial charge in [-0.1, -0.05) is 67.5 Å². The first-order valence-electron chi connectivity index (χ1n) is 5.81. The molecule has 0 aliphatic carbocycles. The molecule has 86 valence electrons. The molecule has 0 saturated heterocycles. The summed E-state index contributed by atoms with van der Waals surface area (Å²) in [5.41, 5.74) is 0. The maximum absolute atomic E-state index is 6.25. The van der Waals surface area contributed by atoms with Crippen molar-refractivity contribution < 1.29 is 0 Å². The van der Waals surface area contributed by atoms with Gasteiger partial charge < -0.3 is 0 Å². The van der Waals surface area contributed by atoms with Crippen LogP contribution in [-0.2, 0) is 0 Å². The van der Waals surface area contributed by atoms with Gasteiger partial charge in [-0.05, 0) is 12.5 Å². The molecule has 0 heterocycles. The first-order valence-corrected chi connectivity index (χ1v) is 11.2. The van der Waals surface area contributed by atoms with Crippen molar-refractivity contribution in [3.05, 3.63) is 0 Å². The monoisotopic (exact) mass is 298 g/mol. The van der Waals surface area contributed by atoms with Crippen molar-refractivity contribution in [1.82, 2.24) is 0 Å². The van der Waals surface area contributed by atoms with Gasteiger partial charge in [-0.15, -0.1) is 0 Å². The highest BCUT2D eigenvalue weighted by molar-refractivity contribution is 9.09. The minimum absolute atomic E-state index is 1.17. The zero-order valence-corrected chi connectivity index (χ0v) is 13.0. The number of hydrogen-bond acceptors (Lipinski definition) is 0. The molecule has 0 spiro atoms. The molecule has 0 unspecified atom stereocenters. The van der Waals surface area contributed by atoms with E-state index in [-0.39, 0.29) is 0 Å². The zero-order chi connectivity index (χ0) is 10.9. The molecule has 0 radical (unpaired) electrons. The van der Waals surface area contributed by atoms with Crippen LogP contribution < -0.4 is 0 Å². The van der Waals surface area contributed by atoms with Crippen LogP contribution in [0.25, 0.3) is 0 Å². The van der Waals surface area contributed by atoms with Gasteiger partial charge in [0.15, 0.2) is 0 Å². The highest BCUT2D eigenvalue weighted by Crippen LogP contribution is 2.19. The van der Waals surface area contributed by atoms with E-state index < -0.39 is 7.38 Å². The third-order valence-corrected chi connectivity index (χ3v) is 5.08. The Morgan fingerprint density at radius 3 is 1.71 bits per heavy atom. The minimum atomic E-state index is -1.27. The van der Waals surface area contributed by atoms with Gasteiger partial charge in [0, 0.05) is 5.33 Å². The molecule has 0 nitrogen and oxygen atoms in total. The van der Waals surface area contributed by atoms with Crippen molar-refractivity contribution >= 4 is 34.4 Å². The lowest BCUT2D eigenvalue weighted by Crippen LogP contribution is -2.14. The first kappa shape index (κ1) is 15.0. The van der Waals surface area contributed by atoms with E-state index in [1.807, 2.05) is 0 Å². The molecule has 0 aliphatic heterocycles. The van der Waals surface area contributed by atoms with Gasteiger partial charge in [0.25, 0.3) is 0 Å². The van der Waals surface area contributed by atoms with Crippen LogP contribution in [0, 0.1) is 0 Å². The summed E-state index contributed by atoms with van der Waals surface area (Å²) in [5, 5.41) is 1.17. The number of hydrogen-bond donors (Lipinski definition) is 0. The molecule has 0 atom stereocenters. The minimum Gasteiger partial charge on any atom is -0.168 e. The van der Waals surface area contributed by atoms with Crippen molar-refractivity contribution in [2.45, 2.75) is 64.1 Å². The number of rotatable bonds is 9. The fraction of sp³-hybridized carbons (Fsp3) is 1.00. The summed E-state index contributed by atoms with van der Waals surface area (Å²) in [5.74, 6) is 0. The van der Waals surface area contributed by atoms with E-state index in [1.165, 1.54) is 56.3 Å². The smallest absolute Gasteiger partial charge is 0.150 e. The van der Waals surface area contributed by atoms with Crippen molar-refractivity contribution in [3.8, 4) is 0 Å². The third-order valence-electron chi connectivity index (χ3n) is 2.40. The Morgan fingerprint density at radius 1 is 0.857 bits per heavy atom. The standard InChI is InChI=1S/C11H24BrClSi/c1-14(2,13)11-9-7-5-3-4-6-8-10-12/h3-11H2,1-2H3. The molecule has 0 amide bonds. The van der Waals surface area contributed by atoms with Crippen molar-refractivity contribution in [2.24, 2.45) is 0 Å². The first-order chi connectivity index (χ1) is 6.56. The Kier molecular flexibility index (Phi) is 9.88. The Morgan fingerprint density at radius 2 is 1.29 bits per heavy atom. The Balaban J connectivity index is 2.99. The molecule has 0 fully saturated rings. The second-order valence-corrected chi connectivity index (χ2v) is 12.4. The second-order valence-electron chi connectivity index (χ2n) is 4.63. The quantitative estimate of drug-likeness (QED) is 0.226. The van der Waals surface area contributed by atoms with Crippen LogP contribution >= 0.6 is 27.0 Å². The van der Waals surface area contributed by atoms with Crippen LogP contribution in [0.2, 0.25) is 19.1 Å². The largest absolute Gasteiger partial charge is 0.168 e. The Hall–Kier alpha value is 0.987. The van der Waals surface area contributed by atoms with Gasteiger partial charge in [-0.3, -0.25) is 0 Å². The summed E-state index contributed by atoms with van der Waals surface area (Å²) in [6, 6.07) is 1.29. The summed E-state index contributed by atoms with van der Waals surface area (Å²) in [4.78, 5) is 0. The normalized spacial score (nSPS) is 12.0. The third kappa shape index (κ3) is 13.0. The van der Waals surface area contributed by atoms with E-state index in [1.54, 1.807) is 0 Å². The molecule has 0 saturated carbocycles. The molecule has 0 aliphatic rings. The summed E-state index contributed by atoms with van der Waals surface area (Å²) in [6.45, 7) is 4.48. The number of alkyl halides is 1. The molecule has 14 heavy (non-hydrogen) atoms. The molecule has 0 aromatic carbocycles. The van der Waals surface area contributed by atoms with Crippen LogP contribution in [-0.4, -0.2) is 12.7 Å². The van der Waals surface area contributed by atoms with Crippen LogP contribution in [0.1, 0.15) is 44.9 Å². The number of halogens is 2. The van der Waals surface area contributed by atoms with Crippen molar-refractivity contribution in [3.63, 3.8) is 0 Å². The van der Waals surface area contributed by atoms with Crippen LogP contribution in [0.15, 0.2) is 0 Å². The topological polar surface area (TPSA) is 0 Å². The van der Waals surface area contributed by atoms with Crippen LogP contribution in [0.4, 0.5) is 0 Å². The SMILES string of the molecule is C[Si](C)(Cl)CCCCCCCCCBr. The maximum atomic E-state index is 6.25. The summed E-state index contributed by atoms with van der Waals surface area (Å²) < 4.78 is 0. The fourth-order valence-electron chi connectivity index (χ4n) is 1.52. The van der Waals surface area contributed by atoms with Crippen molar-refractivity contribution in [1.29, 1.82) is 0 Å². The Labute approximate surface area is 104 Å². The highest BCUT2D eigenvalue weighted by atomic mass is 79.9. The fourth-order valence-corrected chi connectivity index (χ4v) is 3.41. The van der Waals surface area contributed by atoms with E-state index >= 15 is 0 Å². The van der Waals surface area contributed by atoms with E-state index in [0.29, 0.717) is 0 Å². The Bertz CT molecular complexity index is 123. The maximum Gasteiger partial charge on any atom is 0.150 e. The summed E-state index contributed by atoms with van der Waals surface area (Å²) >= 11 is 9.70. The molecular formula is C11H24BrClSi. The van der Waals surface area contributed by atoms with Crippen LogP contribution in [0.3, 0.4) is 0 Å². The predicted octanol–water partition coefficient (Wildman–Crippen LogP) is 5.56. The molecular weight excluding hydrogens is 276 g/mol. The highest BCUT2D eigenvalue weighted by Gasteiger charge is 2.15. The van der Waals surface area contributed by atoms with Gasteiger partial charge in [-0.25, -0.2) is 0 Å². The summed E-state index contributed by atoms with van der Waals surface area (Å²) in [6.07, 6.45) is 9.69.